The topological polar surface area (TPSA) is 24.5 Å². The van der Waals surface area contributed by atoms with Crippen LogP contribution in [0, 0.1) is 5.82 Å². The predicted octanol–water partition coefficient (Wildman–Crippen LogP) is 2.55. The second-order valence-electron chi connectivity index (χ2n) is 5.01. The van der Waals surface area contributed by atoms with E-state index in [1.165, 1.54) is 12.8 Å². The van der Waals surface area contributed by atoms with Crippen molar-refractivity contribution in [2.75, 3.05) is 31.7 Å². The smallest absolute Gasteiger partial charge is 0.146 e. The van der Waals surface area contributed by atoms with Gasteiger partial charge in [0.15, 0.2) is 0 Å². The van der Waals surface area contributed by atoms with E-state index in [4.69, 9.17) is 4.74 Å². The molecule has 1 aromatic rings. The molecule has 4 heteroatoms. The molecule has 0 spiro atoms. The first-order valence-corrected chi connectivity index (χ1v) is 7.00. The van der Waals surface area contributed by atoms with Gasteiger partial charge >= 0.3 is 0 Å². The number of halogens is 1. The first-order chi connectivity index (χ1) is 9.24. The molecule has 106 valence electrons. The molecule has 2 rings (SSSR count). The van der Waals surface area contributed by atoms with Crippen molar-refractivity contribution >= 4 is 5.69 Å². The number of nitrogens with one attached hydrogen (secondary N) is 1. The van der Waals surface area contributed by atoms with E-state index in [2.05, 4.69) is 5.32 Å². The third kappa shape index (κ3) is 4.18. The van der Waals surface area contributed by atoms with Crippen LogP contribution in [0.5, 0.6) is 0 Å². The monoisotopic (exact) mass is 266 g/mol. The highest BCUT2D eigenvalue weighted by Gasteiger charge is 2.20. The Balaban J connectivity index is 1.99. The van der Waals surface area contributed by atoms with Gasteiger partial charge in [-0.3, -0.25) is 0 Å². The molecule has 0 bridgehead atoms. The van der Waals surface area contributed by atoms with Gasteiger partial charge in [-0.25, -0.2) is 4.39 Å². The highest BCUT2D eigenvalue weighted by atomic mass is 19.1. The summed E-state index contributed by atoms with van der Waals surface area (Å²) >= 11 is 0. The van der Waals surface area contributed by atoms with Crippen LogP contribution in [0.25, 0.3) is 0 Å². The van der Waals surface area contributed by atoms with Crippen molar-refractivity contribution in [1.82, 2.24) is 5.32 Å². The summed E-state index contributed by atoms with van der Waals surface area (Å²) in [6.07, 6.45) is 2.50. The van der Waals surface area contributed by atoms with Crippen LogP contribution in [0.4, 0.5) is 10.1 Å². The van der Waals surface area contributed by atoms with E-state index >= 15 is 0 Å². The minimum Gasteiger partial charge on any atom is -0.383 e. The average molecular weight is 266 g/mol. The van der Waals surface area contributed by atoms with E-state index in [1.54, 1.807) is 13.2 Å². The van der Waals surface area contributed by atoms with Crippen LogP contribution in [0.1, 0.15) is 25.3 Å². The van der Waals surface area contributed by atoms with E-state index in [9.17, 15) is 4.39 Å². The van der Waals surface area contributed by atoms with Crippen LogP contribution in [-0.4, -0.2) is 32.8 Å². The van der Waals surface area contributed by atoms with E-state index in [1.807, 2.05) is 24.0 Å². The molecule has 0 aromatic heterocycles. The van der Waals surface area contributed by atoms with Crippen molar-refractivity contribution < 1.29 is 9.13 Å². The van der Waals surface area contributed by atoms with E-state index in [-0.39, 0.29) is 5.82 Å². The number of hydrogen-bond donors (Lipinski definition) is 1. The Morgan fingerprint density at radius 1 is 1.42 bits per heavy atom. The van der Waals surface area contributed by atoms with Crippen LogP contribution in [0.15, 0.2) is 18.2 Å². The molecule has 1 aliphatic rings. The van der Waals surface area contributed by atoms with Gasteiger partial charge in [0.05, 0.1) is 12.3 Å². The van der Waals surface area contributed by atoms with Crippen molar-refractivity contribution in [3.05, 3.63) is 29.6 Å². The summed E-state index contributed by atoms with van der Waals surface area (Å²) in [5.74, 6) is -0.145. The van der Waals surface area contributed by atoms with Gasteiger partial charge in [-0.2, -0.15) is 0 Å². The molecule has 1 aromatic carbocycles. The van der Waals surface area contributed by atoms with Gasteiger partial charge in [0.1, 0.15) is 5.82 Å². The summed E-state index contributed by atoms with van der Waals surface area (Å²) < 4.78 is 19.2. The number of ether oxygens (including phenoxy) is 1. The van der Waals surface area contributed by atoms with E-state index in [0.29, 0.717) is 24.9 Å². The molecule has 0 heterocycles. The first kappa shape index (κ1) is 14.3. The Labute approximate surface area is 114 Å². The summed E-state index contributed by atoms with van der Waals surface area (Å²) in [6.45, 7) is 4.88. The maximum atomic E-state index is 14.1. The molecule has 1 N–H and O–H groups in total. The minimum absolute atomic E-state index is 0.145. The average Bonchev–Trinajstić information content (AvgIpc) is 3.23. The zero-order chi connectivity index (χ0) is 13.7. The number of rotatable bonds is 8. The van der Waals surface area contributed by atoms with Crippen molar-refractivity contribution in [1.29, 1.82) is 0 Å². The molecule has 0 radical (unpaired) electrons. The molecule has 0 saturated heterocycles. The number of likely N-dealkylation sites (N-methyl/N-ethyl adjacent to an activating group) is 1. The van der Waals surface area contributed by atoms with Crippen molar-refractivity contribution in [3.8, 4) is 0 Å². The number of nitrogens with zero attached hydrogens (tertiary/aromatic N) is 1. The molecule has 1 saturated carbocycles. The van der Waals surface area contributed by atoms with Crippen LogP contribution in [-0.2, 0) is 11.3 Å². The lowest BCUT2D eigenvalue weighted by molar-refractivity contribution is 0.205. The van der Waals surface area contributed by atoms with Gasteiger partial charge in [-0.15, -0.1) is 0 Å². The van der Waals surface area contributed by atoms with E-state index < -0.39 is 0 Å². The molecule has 1 aliphatic carbocycles. The Morgan fingerprint density at radius 3 is 2.79 bits per heavy atom. The summed E-state index contributed by atoms with van der Waals surface area (Å²) in [5, 5.41) is 3.40. The quantitative estimate of drug-likeness (QED) is 0.782. The van der Waals surface area contributed by atoms with Crippen LogP contribution in [0.3, 0.4) is 0 Å². The van der Waals surface area contributed by atoms with Gasteiger partial charge in [-0.05, 0) is 37.5 Å². The minimum atomic E-state index is -0.145. The standard InChI is InChI=1S/C15H23FN2O/c1-3-18(8-9-19-2)15-7-4-12(10-14(15)16)11-17-13-5-6-13/h4,7,10,13,17H,3,5-6,8-9,11H2,1-2H3. The van der Waals surface area contributed by atoms with Gasteiger partial charge in [0, 0.05) is 32.8 Å². The second kappa shape index (κ2) is 6.87. The van der Waals surface area contributed by atoms with E-state index in [0.717, 1.165) is 18.7 Å². The Bertz CT molecular complexity index is 407. The summed E-state index contributed by atoms with van der Waals surface area (Å²) in [4.78, 5) is 2.00. The molecular formula is C15H23FN2O. The van der Waals surface area contributed by atoms with Crippen molar-refractivity contribution in [2.45, 2.75) is 32.4 Å². The Kier molecular flexibility index (Phi) is 5.16. The molecule has 0 aliphatic heterocycles. The molecule has 0 unspecified atom stereocenters. The summed E-state index contributed by atoms with van der Waals surface area (Å²) in [6, 6.07) is 6.17. The number of methoxy groups -OCH3 is 1. The normalized spacial score (nSPS) is 14.7. The largest absolute Gasteiger partial charge is 0.383 e. The zero-order valence-electron chi connectivity index (χ0n) is 11.8. The van der Waals surface area contributed by atoms with Crippen molar-refractivity contribution in [3.63, 3.8) is 0 Å². The second-order valence-corrected chi connectivity index (χ2v) is 5.01. The molecule has 1 fully saturated rings. The summed E-state index contributed by atoms with van der Waals surface area (Å²) in [7, 11) is 1.66. The third-order valence-electron chi connectivity index (χ3n) is 3.47. The van der Waals surface area contributed by atoms with Gasteiger partial charge < -0.3 is 15.0 Å². The lowest BCUT2D eigenvalue weighted by atomic mass is 10.1. The predicted molar refractivity (Wildman–Crippen MR) is 76.0 cm³/mol. The van der Waals surface area contributed by atoms with Gasteiger partial charge in [0.25, 0.3) is 0 Å². The SMILES string of the molecule is CCN(CCOC)c1ccc(CNC2CC2)cc1F. The zero-order valence-corrected chi connectivity index (χ0v) is 11.8. The maximum Gasteiger partial charge on any atom is 0.146 e. The molecule has 19 heavy (non-hydrogen) atoms. The summed E-state index contributed by atoms with van der Waals surface area (Å²) in [5.41, 5.74) is 1.67. The highest BCUT2D eigenvalue weighted by Crippen LogP contribution is 2.22. The van der Waals surface area contributed by atoms with Crippen LogP contribution in [0.2, 0.25) is 0 Å². The molecular weight excluding hydrogens is 243 g/mol. The third-order valence-corrected chi connectivity index (χ3v) is 3.47. The fraction of sp³-hybridized carbons (Fsp3) is 0.600. The Hall–Kier alpha value is -1.13. The van der Waals surface area contributed by atoms with Crippen molar-refractivity contribution in [2.24, 2.45) is 0 Å². The molecule has 3 nitrogen and oxygen atoms in total. The van der Waals surface area contributed by atoms with Crippen LogP contribution >= 0.6 is 0 Å². The number of anilines is 1. The fourth-order valence-electron chi connectivity index (χ4n) is 2.12. The highest BCUT2D eigenvalue weighted by molar-refractivity contribution is 5.49. The maximum absolute atomic E-state index is 14.1. The lowest BCUT2D eigenvalue weighted by Gasteiger charge is -2.23. The van der Waals surface area contributed by atoms with Gasteiger partial charge in [0.2, 0.25) is 0 Å². The molecule has 0 amide bonds. The van der Waals surface area contributed by atoms with Crippen LogP contribution < -0.4 is 10.2 Å². The lowest BCUT2D eigenvalue weighted by Crippen LogP contribution is -2.27. The first-order valence-electron chi connectivity index (χ1n) is 7.00. The molecule has 0 atom stereocenters. The Morgan fingerprint density at radius 2 is 2.21 bits per heavy atom. The fourth-order valence-corrected chi connectivity index (χ4v) is 2.12. The number of benzene rings is 1. The number of hydrogen-bond acceptors (Lipinski definition) is 3. The van der Waals surface area contributed by atoms with Gasteiger partial charge in [-0.1, -0.05) is 6.07 Å².